The first kappa shape index (κ1) is 11.9. The number of ether oxygens (including phenoxy) is 1. The summed E-state index contributed by atoms with van der Waals surface area (Å²) in [4.78, 5) is 10.1. The molecule has 0 radical (unpaired) electrons. The van der Waals surface area contributed by atoms with Crippen molar-refractivity contribution in [3.63, 3.8) is 0 Å². The van der Waals surface area contributed by atoms with Crippen LogP contribution in [0.4, 0.5) is 4.79 Å². The van der Waals surface area contributed by atoms with Crippen LogP contribution in [0.25, 0.3) is 0 Å². The van der Waals surface area contributed by atoms with Crippen molar-refractivity contribution >= 4 is 29.3 Å². The number of amides is 1. The second kappa shape index (κ2) is 5.68. The number of halogens is 2. The molecule has 1 aromatic rings. The van der Waals surface area contributed by atoms with Gasteiger partial charge < -0.3 is 15.2 Å². The molecule has 0 aliphatic rings. The lowest BCUT2D eigenvalue weighted by atomic mass is 10.3. The Labute approximate surface area is 96.8 Å². The average molecular weight is 250 g/mol. The Bertz CT molecular complexity index is 357. The molecule has 2 N–H and O–H groups in total. The Morgan fingerprint density at radius 1 is 1.40 bits per heavy atom. The molecule has 1 rings (SSSR count). The Hall–Kier alpha value is -1.13. The largest absolute Gasteiger partial charge is 0.492 e. The summed E-state index contributed by atoms with van der Waals surface area (Å²) >= 11 is 11.5. The van der Waals surface area contributed by atoms with Crippen molar-refractivity contribution in [1.82, 2.24) is 5.32 Å². The second-order valence-electron chi connectivity index (χ2n) is 2.66. The smallest absolute Gasteiger partial charge is 0.404 e. The van der Waals surface area contributed by atoms with Gasteiger partial charge in [0.15, 0.2) is 0 Å². The zero-order valence-electron chi connectivity index (χ0n) is 7.67. The number of hydrogen-bond donors (Lipinski definition) is 2. The molecule has 4 nitrogen and oxygen atoms in total. The second-order valence-corrected chi connectivity index (χ2v) is 3.47. The van der Waals surface area contributed by atoms with Gasteiger partial charge in [0, 0.05) is 6.07 Å². The van der Waals surface area contributed by atoms with Crippen LogP contribution in [0, 0.1) is 0 Å². The molecule has 1 aromatic carbocycles. The van der Waals surface area contributed by atoms with Crippen molar-refractivity contribution < 1.29 is 14.6 Å². The zero-order chi connectivity index (χ0) is 11.3. The zero-order valence-corrected chi connectivity index (χ0v) is 9.18. The van der Waals surface area contributed by atoms with Gasteiger partial charge in [0.1, 0.15) is 12.4 Å². The van der Waals surface area contributed by atoms with Gasteiger partial charge in [-0.3, -0.25) is 0 Å². The summed E-state index contributed by atoms with van der Waals surface area (Å²) in [5.74, 6) is 0.552. The van der Waals surface area contributed by atoms with Gasteiger partial charge in [-0.15, -0.1) is 0 Å². The third-order valence-corrected chi connectivity index (χ3v) is 2.28. The minimum atomic E-state index is -1.08. The molecule has 0 atom stereocenters. The Morgan fingerprint density at radius 2 is 2.13 bits per heavy atom. The quantitative estimate of drug-likeness (QED) is 0.807. The molecule has 0 aliphatic heterocycles. The van der Waals surface area contributed by atoms with E-state index in [0.717, 1.165) is 0 Å². The predicted molar refractivity (Wildman–Crippen MR) is 58.0 cm³/mol. The van der Waals surface area contributed by atoms with Gasteiger partial charge >= 0.3 is 6.09 Å². The van der Waals surface area contributed by atoms with Gasteiger partial charge in [0.05, 0.1) is 16.6 Å². The van der Waals surface area contributed by atoms with E-state index >= 15 is 0 Å². The number of carboxylic acid groups (broad SMARTS) is 1. The maximum absolute atomic E-state index is 10.1. The van der Waals surface area contributed by atoms with E-state index in [1.165, 1.54) is 0 Å². The molecule has 0 heterocycles. The van der Waals surface area contributed by atoms with Gasteiger partial charge in [-0.2, -0.15) is 0 Å². The van der Waals surface area contributed by atoms with Crippen molar-refractivity contribution in [2.45, 2.75) is 0 Å². The lowest BCUT2D eigenvalue weighted by molar-refractivity contribution is 0.191. The molecule has 0 saturated carbocycles. The van der Waals surface area contributed by atoms with Crippen LogP contribution in [-0.2, 0) is 0 Å². The third-order valence-electron chi connectivity index (χ3n) is 1.54. The Morgan fingerprint density at radius 3 is 2.73 bits per heavy atom. The Kier molecular flexibility index (Phi) is 4.52. The third kappa shape index (κ3) is 4.27. The molecular formula is C9H9Cl2NO3. The van der Waals surface area contributed by atoms with Gasteiger partial charge in [0.2, 0.25) is 0 Å². The number of carbonyl (C=O) groups is 1. The van der Waals surface area contributed by atoms with Gasteiger partial charge in [0.25, 0.3) is 0 Å². The summed E-state index contributed by atoms with van der Waals surface area (Å²) in [5, 5.41) is 11.3. The fourth-order valence-corrected chi connectivity index (χ4v) is 1.18. The minimum absolute atomic E-state index is 0.218. The molecule has 0 unspecified atom stereocenters. The van der Waals surface area contributed by atoms with Crippen molar-refractivity contribution in [2.75, 3.05) is 13.2 Å². The van der Waals surface area contributed by atoms with Crippen LogP contribution in [0.1, 0.15) is 0 Å². The molecule has 0 saturated heterocycles. The monoisotopic (exact) mass is 249 g/mol. The van der Waals surface area contributed by atoms with Gasteiger partial charge in [-0.05, 0) is 12.1 Å². The van der Waals surface area contributed by atoms with Crippen LogP contribution in [0.3, 0.4) is 0 Å². The van der Waals surface area contributed by atoms with E-state index < -0.39 is 6.09 Å². The molecule has 15 heavy (non-hydrogen) atoms. The Balaban J connectivity index is 2.38. The maximum atomic E-state index is 10.1. The summed E-state index contributed by atoms with van der Waals surface area (Å²) in [6, 6.07) is 4.85. The van der Waals surface area contributed by atoms with E-state index in [4.69, 9.17) is 33.0 Å². The first-order valence-corrected chi connectivity index (χ1v) is 4.90. The highest BCUT2D eigenvalue weighted by Gasteiger charge is 2.00. The van der Waals surface area contributed by atoms with Crippen molar-refractivity contribution in [2.24, 2.45) is 0 Å². The number of nitrogens with one attached hydrogen (secondary N) is 1. The molecular weight excluding hydrogens is 241 g/mol. The summed E-state index contributed by atoms with van der Waals surface area (Å²) in [6.45, 7) is 0.458. The SMILES string of the molecule is O=C(O)NCCOc1ccc(Cl)c(Cl)c1. The van der Waals surface area contributed by atoms with E-state index in [9.17, 15) is 4.79 Å². The highest BCUT2D eigenvalue weighted by atomic mass is 35.5. The summed E-state index contributed by atoms with van der Waals surface area (Å²) in [7, 11) is 0. The fourth-order valence-electron chi connectivity index (χ4n) is 0.893. The van der Waals surface area contributed by atoms with Crippen LogP contribution in [0.15, 0.2) is 18.2 Å². The van der Waals surface area contributed by atoms with Crippen molar-refractivity contribution in [1.29, 1.82) is 0 Å². The van der Waals surface area contributed by atoms with Crippen molar-refractivity contribution in [3.8, 4) is 5.75 Å². The first-order chi connectivity index (χ1) is 7.09. The van der Waals surface area contributed by atoms with E-state index in [-0.39, 0.29) is 13.2 Å². The number of hydrogen-bond acceptors (Lipinski definition) is 2. The van der Waals surface area contributed by atoms with Crippen LogP contribution < -0.4 is 10.1 Å². The molecule has 0 aromatic heterocycles. The van der Waals surface area contributed by atoms with Crippen LogP contribution in [0.5, 0.6) is 5.75 Å². The molecule has 6 heteroatoms. The molecule has 0 aliphatic carbocycles. The highest BCUT2D eigenvalue weighted by molar-refractivity contribution is 6.42. The summed E-state index contributed by atoms with van der Waals surface area (Å²) in [6.07, 6.45) is -1.08. The minimum Gasteiger partial charge on any atom is -0.492 e. The van der Waals surface area contributed by atoms with E-state index in [1.807, 2.05) is 0 Å². The summed E-state index contributed by atoms with van der Waals surface area (Å²) in [5.41, 5.74) is 0. The lowest BCUT2D eigenvalue weighted by Gasteiger charge is -2.06. The van der Waals surface area contributed by atoms with E-state index in [0.29, 0.717) is 15.8 Å². The fraction of sp³-hybridized carbons (Fsp3) is 0.222. The predicted octanol–water partition coefficient (Wildman–Crippen LogP) is 2.64. The molecule has 0 bridgehead atoms. The highest BCUT2D eigenvalue weighted by Crippen LogP contribution is 2.26. The maximum Gasteiger partial charge on any atom is 0.404 e. The topological polar surface area (TPSA) is 58.6 Å². The van der Waals surface area contributed by atoms with Gasteiger partial charge in [-0.25, -0.2) is 4.79 Å². The summed E-state index contributed by atoms with van der Waals surface area (Å²) < 4.78 is 5.22. The van der Waals surface area contributed by atoms with E-state index in [2.05, 4.69) is 5.32 Å². The first-order valence-electron chi connectivity index (χ1n) is 4.14. The standard InChI is InChI=1S/C9H9Cl2NO3/c10-7-2-1-6(5-8(7)11)15-4-3-12-9(13)14/h1-2,5,12H,3-4H2,(H,13,14). The number of benzene rings is 1. The van der Waals surface area contributed by atoms with Crippen LogP contribution >= 0.6 is 23.2 Å². The number of rotatable bonds is 4. The van der Waals surface area contributed by atoms with Crippen molar-refractivity contribution in [3.05, 3.63) is 28.2 Å². The van der Waals surface area contributed by atoms with E-state index in [1.54, 1.807) is 18.2 Å². The van der Waals surface area contributed by atoms with Gasteiger partial charge in [-0.1, -0.05) is 23.2 Å². The molecule has 82 valence electrons. The normalized spacial score (nSPS) is 9.73. The lowest BCUT2D eigenvalue weighted by Crippen LogP contribution is -2.26. The molecule has 1 amide bonds. The average Bonchev–Trinajstić information content (AvgIpc) is 2.18. The molecule has 0 fully saturated rings. The van der Waals surface area contributed by atoms with Crippen LogP contribution in [-0.4, -0.2) is 24.4 Å². The van der Waals surface area contributed by atoms with Crippen LogP contribution in [0.2, 0.25) is 10.0 Å². The molecule has 0 spiro atoms.